The second-order valence-electron chi connectivity index (χ2n) is 12.2. The van der Waals surface area contributed by atoms with Crippen molar-refractivity contribution in [3.05, 3.63) is 65.7 Å². The third-order valence-electron chi connectivity index (χ3n) is 9.87. The van der Waals surface area contributed by atoms with Crippen molar-refractivity contribution in [1.29, 1.82) is 0 Å². The Morgan fingerprint density at radius 1 is 0.907 bits per heavy atom. The van der Waals surface area contributed by atoms with E-state index in [0.717, 1.165) is 0 Å². The Labute approximate surface area is 245 Å². The fraction of sp³-hybridized carbons (Fsp3) is 0.533. The maximum atomic E-state index is 12.9. The summed E-state index contributed by atoms with van der Waals surface area (Å²) in [5, 5.41) is 53.2. The van der Waals surface area contributed by atoms with Crippen molar-refractivity contribution in [1.82, 2.24) is 0 Å². The number of esters is 2. The smallest absolute Gasteiger partial charge is 0.338 e. The number of aliphatic hydroxyl groups is 4. The molecule has 4 heterocycles. The van der Waals surface area contributed by atoms with Gasteiger partial charge in [-0.25, -0.2) is 9.59 Å². The molecule has 0 radical (unpaired) electrons. The Bertz CT molecular complexity index is 1420. The fourth-order valence-corrected chi connectivity index (χ4v) is 7.70. The molecule has 230 valence electrons. The Hall–Kier alpha value is -3.14. The van der Waals surface area contributed by atoms with E-state index in [-0.39, 0.29) is 36.3 Å². The molecule has 2 aromatic rings. The van der Waals surface area contributed by atoms with Gasteiger partial charge in [0, 0.05) is 12.3 Å². The van der Waals surface area contributed by atoms with Crippen molar-refractivity contribution in [3.8, 4) is 5.75 Å². The van der Waals surface area contributed by atoms with Crippen molar-refractivity contribution >= 4 is 11.9 Å². The van der Waals surface area contributed by atoms with Crippen LogP contribution in [0.15, 0.2) is 54.6 Å². The van der Waals surface area contributed by atoms with Crippen LogP contribution < -0.4 is 0 Å². The normalized spacial score (nSPS) is 43.7. The van der Waals surface area contributed by atoms with Crippen molar-refractivity contribution in [2.24, 2.45) is 11.3 Å². The van der Waals surface area contributed by atoms with E-state index < -0.39 is 83.9 Å². The standard InChI is InChI=1S/C30H32O13/c1-27-13-29(37)19-11-30(27,28(19,26(42-27)43-29)14-39-24(36)16-7-9-17(31)10-8-16)41-25-22(34)21(33)20(32)18(40-25)12-38-23(35)15-5-3-2-4-6-15/h2-10,18-22,25-26,31-34,37H,11-14H2,1H3/t18-,19+,20-,21+,22-,25+,26-,27+,28+,29-,30-/m1/s1. The summed E-state index contributed by atoms with van der Waals surface area (Å²) < 4.78 is 35.6. The summed E-state index contributed by atoms with van der Waals surface area (Å²) in [4.78, 5) is 25.4. The predicted molar refractivity (Wildman–Crippen MR) is 140 cm³/mol. The zero-order chi connectivity index (χ0) is 30.4. The number of aliphatic hydroxyl groups excluding tert-OH is 3. The van der Waals surface area contributed by atoms with Gasteiger partial charge in [-0.15, -0.1) is 0 Å². The molecular formula is C30H32O13. The van der Waals surface area contributed by atoms with E-state index in [4.69, 9.17) is 28.4 Å². The third-order valence-corrected chi connectivity index (χ3v) is 9.87. The van der Waals surface area contributed by atoms with Crippen molar-refractivity contribution < 1.29 is 63.5 Å². The van der Waals surface area contributed by atoms with Crippen LogP contribution in [-0.2, 0) is 28.4 Å². The average molecular weight is 601 g/mol. The molecule has 7 aliphatic rings. The van der Waals surface area contributed by atoms with E-state index in [1.165, 1.54) is 24.3 Å². The molecule has 0 unspecified atom stereocenters. The van der Waals surface area contributed by atoms with Crippen LogP contribution in [0.25, 0.3) is 0 Å². The molecule has 0 aromatic heterocycles. The molecule has 0 amide bonds. The number of ether oxygens (including phenoxy) is 6. The van der Waals surface area contributed by atoms with Crippen molar-refractivity contribution in [2.75, 3.05) is 13.2 Å². The summed E-state index contributed by atoms with van der Waals surface area (Å²) in [5.41, 5.74) is -3.18. The fourth-order valence-electron chi connectivity index (χ4n) is 7.70. The summed E-state index contributed by atoms with van der Waals surface area (Å²) in [6, 6.07) is 13.7. The quantitative estimate of drug-likeness (QED) is 0.259. The van der Waals surface area contributed by atoms with Crippen LogP contribution in [0.4, 0.5) is 0 Å². The second kappa shape index (κ2) is 9.68. The average Bonchev–Trinajstić information content (AvgIpc) is 3.18. The number of rotatable bonds is 8. The summed E-state index contributed by atoms with van der Waals surface area (Å²) in [6.07, 6.45) is -8.57. The molecule has 4 saturated heterocycles. The number of aromatic hydroxyl groups is 1. The van der Waals surface area contributed by atoms with E-state index in [9.17, 15) is 35.1 Å². The summed E-state index contributed by atoms with van der Waals surface area (Å²) in [6.45, 7) is 1.01. The first kappa shape index (κ1) is 28.6. The van der Waals surface area contributed by atoms with Gasteiger partial charge >= 0.3 is 11.9 Å². The zero-order valence-electron chi connectivity index (χ0n) is 23.1. The highest BCUT2D eigenvalue weighted by Gasteiger charge is 2.94. The molecule has 5 N–H and O–H groups in total. The highest BCUT2D eigenvalue weighted by Crippen LogP contribution is 2.81. The predicted octanol–water partition coefficient (Wildman–Crippen LogP) is 0.213. The number of phenolic OH excluding ortho intramolecular Hbond substituents is 1. The van der Waals surface area contributed by atoms with Gasteiger partial charge in [-0.05, 0) is 49.7 Å². The van der Waals surface area contributed by atoms with Gasteiger partial charge in [-0.1, -0.05) is 18.2 Å². The van der Waals surface area contributed by atoms with Crippen LogP contribution in [0.5, 0.6) is 5.75 Å². The van der Waals surface area contributed by atoms with Gasteiger partial charge in [-0.3, -0.25) is 0 Å². The molecule has 13 heteroatoms. The summed E-state index contributed by atoms with van der Waals surface area (Å²) >= 11 is 0. The summed E-state index contributed by atoms with van der Waals surface area (Å²) in [5.74, 6) is -3.46. The SMILES string of the molecule is C[C@@]12C[C@@]3(O)O[C@@H](O1)[C@]1(COC(=O)c4ccc(O)cc4)[C@@H]3C[C@]12O[C@@H]1O[C@H](COC(=O)c2ccccc2)[C@@H](O)[C@H](O)[C@H]1O. The van der Waals surface area contributed by atoms with Crippen LogP contribution in [0.1, 0.15) is 40.5 Å². The minimum Gasteiger partial charge on any atom is -0.508 e. The number of carbonyl (C=O) groups excluding carboxylic acids is 2. The molecule has 11 atom stereocenters. The maximum absolute atomic E-state index is 12.9. The molecule has 4 aliphatic heterocycles. The van der Waals surface area contributed by atoms with E-state index in [0.29, 0.717) is 0 Å². The van der Waals surface area contributed by atoms with Gasteiger partial charge in [0.1, 0.15) is 54.6 Å². The van der Waals surface area contributed by atoms with Crippen molar-refractivity contribution in [2.45, 2.75) is 73.8 Å². The van der Waals surface area contributed by atoms with Gasteiger partial charge < -0.3 is 54.0 Å². The number of phenols is 1. The Balaban J connectivity index is 1.12. The third kappa shape index (κ3) is 3.93. The lowest BCUT2D eigenvalue weighted by molar-refractivity contribution is -0.424. The Morgan fingerprint density at radius 2 is 1.58 bits per heavy atom. The number of benzene rings is 2. The molecule has 0 spiro atoms. The molecule has 9 rings (SSSR count). The van der Waals surface area contributed by atoms with Crippen LogP contribution in [0.2, 0.25) is 0 Å². The van der Waals surface area contributed by atoms with E-state index in [1.807, 2.05) is 0 Å². The van der Waals surface area contributed by atoms with Gasteiger partial charge in [0.05, 0.1) is 16.5 Å². The van der Waals surface area contributed by atoms with Gasteiger partial charge in [-0.2, -0.15) is 0 Å². The Kier molecular flexibility index (Phi) is 6.44. The zero-order valence-corrected chi connectivity index (χ0v) is 23.1. The minimum absolute atomic E-state index is 0.0149. The topological polar surface area (TPSA) is 191 Å². The van der Waals surface area contributed by atoms with Crippen LogP contribution in [-0.4, -0.2) is 105 Å². The Morgan fingerprint density at radius 3 is 2.30 bits per heavy atom. The van der Waals surface area contributed by atoms with Crippen LogP contribution in [0, 0.1) is 11.3 Å². The molecular weight excluding hydrogens is 568 g/mol. The monoisotopic (exact) mass is 600 g/mol. The number of carbonyl (C=O) groups is 2. The van der Waals surface area contributed by atoms with E-state index in [2.05, 4.69) is 0 Å². The molecule has 2 aromatic carbocycles. The molecule has 3 aliphatic carbocycles. The largest absolute Gasteiger partial charge is 0.508 e. The molecule has 3 saturated carbocycles. The van der Waals surface area contributed by atoms with E-state index >= 15 is 0 Å². The highest BCUT2D eigenvalue weighted by atomic mass is 16.8. The van der Waals surface area contributed by atoms with Gasteiger partial charge in [0.15, 0.2) is 18.4 Å². The van der Waals surface area contributed by atoms with Gasteiger partial charge in [0.2, 0.25) is 0 Å². The van der Waals surface area contributed by atoms with E-state index in [1.54, 1.807) is 37.3 Å². The number of hydrogen-bond acceptors (Lipinski definition) is 13. The first-order valence-electron chi connectivity index (χ1n) is 14.1. The van der Waals surface area contributed by atoms with Crippen LogP contribution in [0.3, 0.4) is 0 Å². The lowest BCUT2D eigenvalue weighted by atomic mass is 9.41. The summed E-state index contributed by atoms with van der Waals surface area (Å²) in [7, 11) is 0. The lowest BCUT2D eigenvalue weighted by Crippen LogP contribution is -2.80. The first-order valence-corrected chi connectivity index (χ1v) is 14.1. The minimum atomic E-state index is -1.71. The molecule has 6 bridgehead atoms. The highest BCUT2D eigenvalue weighted by molar-refractivity contribution is 5.90. The molecule has 43 heavy (non-hydrogen) atoms. The maximum Gasteiger partial charge on any atom is 0.338 e. The second-order valence-corrected chi connectivity index (χ2v) is 12.2. The lowest BCUT2D eigenvalue weighted by Gasteiger charge is -2.67. The van der Waals surface area contributed by atoms with Crippen LogP contribution >= 0.6 is 0 Å². The van der Waals surface area contributed by atoms with Gasteiger partial charge in [0.25, 0.3) is 0 Å². The van der Waals surface area contributed by atoms with Crippen molar-refractivity contribution in [3.63, 3.8) is 0 Å². The first-order chi connectivity index (χ1) is 20.4. The molecule has 7 fully saturated rings. The molecule has 13 nitrogen and oxygen atoms in total. The number of hydrogen-bond donors (Lipinski definition) is 5.